The first-order chi connectivity index (χ1) is 10.4. The van der Waals surface area contributed by atoms with Crippen molar-refractivity contribution in [2.45, 2.75) is 13.0 Å². The van der Waals surface area contributed by atoms with Crippen molar-refractivity contribution in [3.05, 3.63) is 29.6 Å². The number of anilines is 1. The molecule has 1 atom stereocenters. The molecule has 0 spiro atoms. The molecule has 22 heavy (non-hydrogen) atoms. The number of nitrogens with one attached hydrogen (secondary N) is 1. The predicted molar refractivity (Wildman–Crippen MR) is 75.7 cm³/mol. The summed E-state index contributed by atoms with van der Waals surface area (Å²) in [6.45, 7) is 7.33. The molecule has 0 aliphatic carbocycles. The molecule has 7 heteroatoms. The number of nitrogens with zero attached hydrogens (tertiary/aromatic N) is 2. The number of amides is 1. The molecule has 3 aliphatic rings. The summed E-state index contributed by atoms with van der Waals surface area (Å²) in [5, 5.41) is 2.40. The highest BCUT2D eigenvalue weighted by Gasteiger charge is 2.45. The Balaban J connectivity index is 1.75. The minimum Gasteiger partial charge on any atom is -0.318 e. The zero-order valence-corrected chi connectivity index (χ0v) is 12.4. The SMILES string of the molecule is C[C@@H](C(=O)Nc1ccc(F)c(F)c1F)[N+]12CCN(CC1)CC2. The van der Waals surface area contributed by atoms with Crippen LogP contribution in [0, 0.1) is 17.5 Å². The normalized spacial score (nSPS) is 28.5. The Morgan fingerprint density at radius 3 is 2.32 bits per heavy atom. The van der Waals surface area contributed by atoms with E-state index in [-0.39, 0.29) is 17.6 Å². The highest BCUT2D eigenvalue weighted by Crippen LogP contribution is 2.25. The van der Waals surface area contributed by atoms with Gasteiger partial charge in [0.25, 0.3) is 5.91 Å². The number of halogens is 3. The van der Waals surface area contributed by atoms with Crippen LogP contribution in [0.4, 0.5) is 18.9 Å². The highest BCUT2D eigenvalue weighted by atomic mass is 19.2. The maximum absolute atomic E-state index is 13.7. The Morgan fingerprint density at radius 1 is 1.14 bits per heavy atom. The fourth-order valence-corrected chi connectivity index (χ4v) is 3.38. The van der Waals surface area contributed by atoms with Gasteiger partial charge in [-0.1, -0.05) is 0 Å². The first-order valence-electron chi connectivity index (χ1n) is 7.45. The second-order valence-electron chi connectivity index (χ2n) is 6.12. The molecule has 1 N–H and O–H groups in total. The maximum atomic E-state index is 13.7. The van der Waals surface area contributed by atoms with Crippen molar-refractivity contribution in [3.8, 4) is 0 Å². The van der Waals surface area contributed by atoms with Crippen LogP contribution in [0.25, 0.3) is 0 Å². The summed E-state index contributed by atoms with van der Waals surface area (Å²) in [5.74, 6) is -4.55. The zero-order valence-electron chi connectivity index (χ0n) is 12.4. The second-order valence-corrected chi connectivity index (χ2v) is 6.12. The van der Waals surface area contributed by atoms with Gasteiger partial charge in [0.15, 0.2) is 23.5 Å². The first kappa shape index (κ1) is 15.3. The van der Waals surface area contributed by atoms with Crippen LogP contribution in [0.15, 0.2) is 12.1 Å². The van der Waals surface area contributed by atoms with Gasteiger partial charge < -0.3 is 9.80 Å². The van der Waals surface area contributed by atoms with Crippen LogP contribution in [0.5, 0.6) is 0 Å². The van der Waals surface area contributed by atoms with E-state index in [4.69, 9.17) is 0 Å². The summed E-state index contributed by atoms with van der Waals surface area (Å²) in [4.78, 5) is 14.8. The third-order valence-corrected chi connectivity index (χ3v) is 5.08. The molecule has 4 nitrogen and oxygen atoms in total. The van der Waals surface area contributed by atoms with E-state index in [9.17, 15) is 18.0 Å². The number of quaternary nitrogens is 1. The molecule has 120 valence electrons. The van der Waals surface area contributed by atoms with Gasteiger partial charge in [0.1, 0.15) is 0 Å². The summed E-state index contributed by atoms with van der Waals surface area (Å²) in [7, 11) is 0. The number of fused-ring (bicyclic) bond motifs is 3. The molecule has 0 aromatic heterocycles. The van der Waals surface area contributed by atoms with Gasteiger partial charge in [-0.2, -0.15) is 0 Å². The van der Waals surface area contributed by atoms with E-state index >= 15 is 0 Å². The summed E-state index contributed by atoms with van der Waals surface area (Å²) in [5.41, 5.74) is -0.315. The van der Waals surface area contributed by atoms with Crippen LogP contribution in [0.2, 0.25) is 0 Å². The van der Waals surface area contributed by atoms with Gasteiger partial charge in [-0.3, -0.25) is 9.69 Å². The van der Waals surface area contributed by atoms with Crippen LogP contribution in [0.3, 0.4) is 0 Å². The minimum absolute atomic E-state index is 0.315. The maximum Gasteiger partial charge on any atom is 0.282 e. The first-order valence-corrected chi connectivity index (χ1v) is 7.45. The summed E-state index contributed by atoms with van der Waals surface area (Å²) < 4.78 is 40.5. The molecular formula is C15H19F3N3O+. The van der Waals surface area contributed by atoms with Gasteiger partial charge in [-0.05, 0) is 19.1 Å². The van der Waals surface area contributed by atoms with Crippen LogP contribution >= 0.6 is 0 Å². The smallest absolute Gasteiger partial charge is 0.282 e. The van der Waals surface area contributed by atoms with E-state index in [2.05, 4.69) is 10.2 Å². The molecule has 3 aliphatic heterocycles. The predicted octanol–water partition coefficient (Wildman–Crippen LogP) is 1.58. The monoisotopic (exact) mass is 314 g/mol. The molecular weight excluding hydrogens is 295 g/mol. The molecule has 1 aromatic carbocycles. The number of carbonyl (C=O) groups is 1. The van der Waals surface area contributed by atoms with Crippen molar-refractivity contribution >= 4 is 11.6 Å². The van der Waals surface area contributed by atoms with E-state index in [0.717, 1.165) is 51.4 Å². The van der Waals surface area contributed by atoms with Crippen molar-refractivity contribution in [2.24, 2.45) is 0 Å². The topological polar surface area (TPSA) is 32.3 Å². The molecule has 1 amide bonds. The Labute approximate surface area is 127 Å². The lowest BCUT2D eigenvalue weighted by molar-refractivity contribution is -0.953. The molecule has 3 saturated heterocycles. The highest BCUT2D eigenvalue weighted by molar-refractivity contribution is 5.94. The van der Waals surface area contributed by atoms with E-state index in [1.807, 2.05) is 6.92 Å². The number of carbonyl (C=O) groups excluding carboxylic acids is 1. The van der Waals surface area contributed by atoms with Crippen molar-refractivity contribution in [2.75, 3.05) is 44.6 Å². The molecule has 2 bridgehead atoms. The van der Waals surface area contributed by atoms with E-state index < -0.39 is 17.5 Å². The lowest BCUT2D eigenvalue weighted by atomic mass is 10.1. The minimum atomic E-state index is -1.57. The van der Waals surface area contributed by atoms with Crippen molar-refractivity contribution in [1.82, 2.24) is 4.90 Å². The zero-order chi connectivity index (χ0) is 15.9. The number of piperazine rings is 3. The standard InChI is InChI=1S/C15H18F3N3O/c1-10(21-7-4-20(5-8-21)6-9-21)15(22)19-12-3-2-11(16)13(17)14(12)18/h2-3,10H,4-9H2,1H3/p+1/t10-/m0/s1. The largest absolute Gasteiger partial charge is 0.318 e. The fraction of sp³-hybridized carbons (Fsp3) is 0.533. The Kier molecular flexibility index (Phi) is 3.86. The summed E-state index contributed by atoms with van der Waals surface area (Å²) in [6.07, 6.45) is 0. The lowest BCUT2D eigenvalue weighted by Crippen LogP contribution is -2.72. The van der Waals surface area contributed by atoms with Gasteiger partial charge in [0.05, 0.1) is 25.3 Å². The average molecular weight is 314 g/mol. The molecule has 3 heterocycles. The Bertz CT molecular complexity index is 586. The van der Waals surface area contributed by atoms with Crippen molar-refractivity contribution in [3.63, 3.8) is 0 Å². The van der Waals surface area contributed by atoms with Crippen LogP contribution in [-0.4, -0.2) is 60.6 Å². The fourth-order valence-electron chi connectivity index (χ4n) is 3.38. The van der Waals surface area contributed by atoms with Crippen molar-refractivity contribution in [1.29, 1.82) is 0 Å². The van der Waals surface area contributed by atoms with E-state index in [1.165, 1.54) is 0 Å². The molecule has 4 rings (SSSR count). The van der Waals surface area contributed by atoms with Crippen molar-refractivity contribution < 1.29 is 22.4 Å². The summed E-state index contributed by atoms with van der Waals surface area (Å²) in [6, 6.07) is 1.51. The van der Waals surface area contributed by atoms with Gasteiger partial charge in [0, 0.05) is 19.6 Å². The number of rotatable bonds is 3. The van der Waals surface area contributed by atoms with Gasteiger partial charge in [-0.25, -0.2) is 13.2 Å². The molecule has 0 unspecified atom stereocenters. The van der Waals surface area contributed by atoms with E-state index in [0.29, 0.717) is 4.48 Å². The second kappa shape index (κ2) is 5.55. The Morgan fingerprint density at radius 2 is 1.73 bits per heavy atom. The van der Waals surface area contributed by atoms with Crippen LogP contribution in [0.1, 0.15) is 6.92 Å². The number of benzene rings is 1. The van der Waals surface area contributed by atoms with Crippen LogP contribution in [-0.2, 0) is 4.79 Å². The van der Waals surface area contributed by atoms with Gasteiger partial charge >= 0.3 is 0 Å². The third kappa shape index (κ3) is 2.48. The Hall–Kier alpha value is -1.60. The van der Waals surface area contributed by atoms with Gasteiger partial charge in [-0.15, -0.1) is 0 Å². The number of hydrogen-bond acceptors (Lipinski definition) is 2. The van der Waals surface area contributed by atoms with E-state index in [1.54, 1.807) is 0 Å². The number of hydrogen-bond donors (Lipinski definition) is 1. The quantitative estimate of drug-likeness (QED) is 0.679. The third-order valence-electron chi connectivity index (χ3n) is 5.08. The molecule has 3 fully saturated rings. The van der Waals surface area contributed by atoms with Gasteiger partial charge in [0.2, 0.25) is 0 Å². The molecule has 0 radical (unpaired) electrons. The summed E-state index contributed by atoms with van der Waals surface area (Å²) >= 11 is 0. The molecule has 1 aromatic rings. The average Bonchev–Trinajstić information content (AvgIpc) is 2.56. The molecule has 0 saturated carbocycles. The van der Waals surface area contributed by atoms with Crippen LogP contribution < -0.4 is 5.32 Å². The lowest BCUT2D eigenvalue weighted by Gasteiger charge is -2.52.